The predicted molar refractivity (Wildman–Crippen MR) is 276 cm³/mol. The normalized spacial score (nSPS) is 15.2. The van der Waals surface area contributed by atoms with Gasteiger partial charge in [-0.05, 0) is 84.7 Å². The Labute approximate surface area is 429 Å². The molecule has 0 aliphatic carbocycles. The number of fused-ring (bicyclic) bond motifs is 3. The van der Waals surface area contributed by atoms with E-state index in [1.807, 2.05) is 62.6 Å². The van der Waals surface area contributed by atoms with Gasteiger partial charge in [0.25, 0.3) is 5.91 Å². The molecular formula is C49H54Cl2N12O6S2. The quantitative estimate of drug-likeness (QED) is 0.0827. The van der Waals surface area contributed by atoms with Crippen molar-refractivity contribution in [2.75, 3.05) is 54.9 Å². The molecule has 2 aliphatic rings. The zero-order valence-electron chi connectivity index (χ0n) is 40.6. The van der Waals surface area contributed by atoms with Crippen LogP contribution in [0, 0.1) is 34.6 Å². The van der Waals surface area contributed by atoms with E-state index >= 15 is 0 Å². The summed E-state index contributed by atoms with van der Waals surface area (Å²) < 4.78 is 13.3. The highest BCUT2D eigenvalue weighted by Crippen LogP contribution is 2.40. The smallest absolute Gasteiger partial charge is 0.329 e. The Morgan fingerprint density at radius 3 is 2.39 bits per heavy atom. The van der Waals surface area contributed by atoms with Gasteiger partial charge >= 0.3 is 11.9 Å². The lowest BCUT2D eigenvalue weighted by Gasteiger charge is -2.35. The molecule has 0 radical (unpaired) electrons. The Morgan fingerprint density at radius 2 is 1.68 bits per heavy atom. The molecule has 372 valence electrons. The summed E-state index contributed by atoms with van der Waals surface area (Å²) in [6, 6.07) is 12.5. The number of nitrogens with zero attached hydrogens (tertiary/aromatic N) is 9. The number of esters is 2. The number of amides is 2. The number of thiophene rings is 1. The third-order valence-corrected chi connectivity index (χ3v) is 14.4. The van der Waals surface area contributed by atoms with Crippen LogP contribution >= 0.6 is 45.9 Å². The minimum absolute atomic E-state index is 0.0208. The van der Waals surface area contributed by atoms with Crippen molar-refractivity contribution in [3.05, 3.63) is 114 Å². The first-order valence-corrected chi connectivity index (χ1v) is 25.4. The second-order valence-corrected chi connectivity index (χ2v) is 21.3. The van der Waals surface area contributed by atoms with Crippen LogP contribution in [0.15, 0.2) is 59.7 Å². The summed E-state index contributed by atoms with van der Waals surface area (Å²) in [5, 5.41) is 20.1. The molecule has 8 rings (SSSR count). The maximum absolute atomic E-state index is 14.1. The Bertz CT molecular complexity index is 2990. The first kappa shape index (κ1) is 51.0. The van der Waals surface area contributed by atoms with Crippen molar-refractivity contribution < 1.29 is 28.7 Å². The number of para-hydroxylation sites is 1. The number of rotatable bonds is 15. The number of nitrogens with one attached hydrogen (secondary N) is 3. The highest BCUT2D eigenvalue weighted by molar-refractivity contribution is 7.17. The maximum Gasteiger partial charge on any atom is 0.329 e. The molecule has 1 fully saturated rings. The van der Waals surface area contributed by atoms with Gasteiger partial charge in [0.15, 0.2) is 11.0 Å². The van der Waals surface area contributed by atoms with Crippen molar-refractivity contribution >= 4 is 97.8 Å². The second-order valence-electron chi connectivity index (χ2n) is 18.2. The largest absolute Gasteiger partial charge is 0.463 e. The van der Waals surface area contributed by atoms with Gasteiger partial charge in [-0.25, -0.2) is 19.7 Å². The molecule has 18 nitrogen and oxygen atoms in total. The SMILES string of the molecule is Cc1nc(Nc2ncc(C(=O)Nc3c(C)cccc3Cl)s2)cc(N2CCN(CCOC(=O)[C@H](CC(=O)OC(C)(C)C)NC(=O)C[C@@H]3N=C(c4ccc(Cl)cc4)c4c(sc(C)c4C)-n4c(C)nnc43)CC2)n1. The second kappa shape index (κ2) is 21.6. The zero-order chi connectivity index (χ0) is 50.7. The Kier molecular flexibility index (Phi) is 15.5. The first-order chi connectivity index (χ1) is 33.8. The summed E-state index contributed by atoms with van der Waals surface area (Å²) in [6.07, 6.45) is 0.859. The fraction of sp³-hybridized carbons (Fsp3) is 0.388. The highest BCUT2D eigenvalue weighted by Gasteiger charge is 2.35. The lowest BCUT2D eigenvalue weighted by atomic mass is 9.99. The van der Waals surface area contributed by atoms with E-state index in [1.54, 1.807) is 50.3 Å². The molecule has 1 saturated heterocycles. The van der Waals surface area contributed by atoms with E-state index in [4.69, 9.17) is 37.7 Å². The standard InChI is InChI=1S/C49H54Cl2N12O6S2/c1-26-10-9-11-33(51)42(26)58-45(66)36-25-52-48(71-36)57-37-24-38(54-29(4)53-37)62-18-16-61(17-19-62)20-21-68-47(67)35(23-40(65)69-49(6,7)8)55-39(64)22-34-44-60-59-30(5)63(44)46-41(27(2)28(3)70-46)43(56-34)31-12-14-32(50)15-13-31/h9-15,24-25,34-35H,16-23H2,1-8H3,(H,55,64)(H,58,66)(H,52,53,54,57)/t34-,35-/m0/s1. The fourth-order valence-corrected chi connectivity index (χ4v) is 10.5. The van der Waals surface area contributed by atoms with Gasteiger partial charge in [-0.1, -0.05) is 58.8 Å². The van der Waals surface area contributed by atoms with Crippen LogP contribution in [-0.4, -0.2) is 115 Å². The van der Waals surface area contributed by atoms with Crippen LogP contribution in [0.3, 0.4) is 0 Å². The number of halogens is 2. The van der Waals surface area contributed by atoms with E-state index in [1.165, 1.54) is 17.5 Å². The monoisotopic (exact) mass is 1040 g/mol. The number of carbonyl (C=O) groups is 4. The van der Waals surface area contributed by atoms with Crippen LogP contribution in [-0.2, 0) is 23.9 Å². The highest BCUT2D eigenvalue weighted by atomic mass is 35.5. The topological polar surface area (TPSA) is 211 Å². The van der Waals surface area contributed by atoms with Gasteiger partial charge in [-0.15, -0.1) is 21.5 Å². The summed E-state index contributed by atoms with van der Waals surface area (Å²) >= 11 is 15.4. The number of carbonyl (C=O) groups excluding carboxylic acids is 4. The number of hydrogen-bond acceptors (Lipinski definition) is 17. The predicted octanol–water partition coefficient (Wildman–Crippen LogP) is 8.28. The molecule has 4 aromatic heterocycles. The van der Waals surface area contributed by atoms with Crippen molar-refractivity contribution in [3.8, 4) is 5.00 Å². The molecule has 2 amide bonds. The molecular weight excluding hydrogens is 988 g/mol. The van der Waals surface area contributed by atoms with Crippen molar-refractivity contribution in [3.63, 3.8) is 0 Å². The van der Waals surface area contributed by atoms with Crippen molar-refractivity contribution in [1.29, 1.82) is 0 Å². The Balaban J connectivity index is 0.887. The van der Waals surface area contributed by atoms with E-state index in [-0.39, 0.29) is 18.9 Å². The van der Waals surface area contributed by atoms with E-state index in [0.29, 0.717) is 87.5 Å². The van der Waals surface area contributed by atoms with E-state index in [2.05, 4.69) is 57.8 Å². The van der Waals surface area contributed by atoms with Crippen LogP contribution in [0.5, 0.6) is 0 Å². The number of aliphatic imine (C=N–C) groups is 1. The molecule has 0 bridgehead atoms. The summed E-state index contributed by atoms with van der Waals surface area (Å²) in [6.45, 7) is 17.8. The number of anilines is 4. The number of aryl methyl sites for hydroxylation is 4. The lowest BCUT2D eigenvalue weighted by Crippen LogP contribution is -2.48. The van der Waals surface area contributed by atoms with E-state index < -0.39 is 42.0 Å². The zero-order valence-corrected chi connectivity index (χ0v) is 43.7. The molecule has 0 unspecified atom stereocenters. The average Bonchev–Trinajstić information content (AvgIpc) is 3.99. The lowest BCUT2D eigenvalue weighted by molar-refractivity contribution is -0.160. The van der Waals surface area contributed by atoms with Gasteiger partial charge < -0.3 is 30.3 Å². The molecule has 2 atom stereocenters. The molecule has 0 saturated carbocycles. The molecule has 0 spiro atoms. The Morgan fingerprint density at radius 1 is 0.930 bits per heavy atom. The number of piperazine rings is 1. The first-order valence-electron chi connectivity index (χ1n) is 23.0. The Hall–Kier alpha value is -6.32. The van der Waals surface area contributed by atoms with Crippen LogP contribution in [0.1, 0.15) is 93.9 Å². The van der Waals surface area contributed by atoms with E-state index in [9.17, 15) is 19.2 Å². The van der Waals surface area contributed by atoms with Crippen LogP contribution in [0.25, 0.3) is 5.00 Å². The van der Waals surface area contributed by atoms with Crippen LogP contribution in [0.4, 0.5) is 22.5 Å². The van der Waals surface area contributed by atoms with Crippen LogP contribution in [0.2, 0.25) is 10.0 Å². The number of thiazole rings is 1. The number of aromatic nitrogens is 6. The minimum atomic E-state index is -1.33. The third-order valence-electron chi connectivity index (χ3n) is 11.7. The van der Waals surface area contributed by atoms with Gasteiger partial charge in [-0.3, -0.25) is 28.8 Å². The van der Waals surface area contributed by atoms with Crippen molar-refractivity contribution in [1.82, 2.24) is 39.9 Å². The summed E-state index contributed by atoms with van der Waals surface area (Å²) in [7, 11) is 0. The number of hydrogen-bond donors (Lipinski definition) is 3. The van der Waals surface area contributed by atoms with Crippen LogP contribution < -0.4 is 20.9 Å². The summed E-state index contributed by atoms with van der Waals surface area (Å²) in [5.74, 6) is 0.632. The van der Waals surface area contributed by atoms with Gasteiger partial charge in [0, 0.05) is 59.8 Å². The fourth-order valence-electron chi connectivity index (χ4n) is 8.17. The van der Waals surface area contributed by atoms with Gasteiger partial charge in [0.1, 0.15) is 57.5 Å². The average molecular weight is 1040 g/mol. The molecule has 6 aromatic rings. The van der Waals surface area contributed by atoms with Gasteiger partial charge in [0.05, 0.1) is 35.5 Å². The molecule has 2 aliphatic heterocycles. The third kappa shape index (κ3) is 12.2. The molecule has 6 heterocycles. The number of ether oxygens (including phenoxy) is 2. The minimum Gasteiger partial charge on any atom is -0.463 e. The van der Waals surface area contributed by atoms with E-state index in [0.717, 1.165) is 37.9 Å². The summed E-state index contributed by atoms with van der Waals surface area (Å²) in [5.41, 5.74) is 4.03. The molecule has 71 heavy (non-hydrogen) atoms. The van der Waals surface area contributed by atoms with Crippen molar-refractivity contribution in [2.24, 2.45) is 4.99 Å². The molecule has 22 heteroatoms. The van der Waals surface area contributed by atoms with Gasteiger partial charge in [-0.2, -0.15) is 0 Å². The molecule has 3 N–H and O–H groups in total. The van der Waals surface area contributed by atoms with Crippen molar-refractivity contribution in [2.45, 2.75) is 85.9 Å². The van der Waals surface area contributed by atoms with Gasteiger partial charge in [0.2, 0.25) is 5.91 Å². The number of benzene rings is 2. The molecule has 2 aromatic carbocycles. The maximum atomic E-state index is 14.1. The summed E-state index contributed by atoms with van der Waals surface area (Å²) in [4.78, 5) is 78.7.